The van der Waals surface area contributed by atoms with Crippen molar-refractivity contribution < 1.29 is 0 Å². The van der Waals surface area contributed by atoms with Gasteiger partial charge < -0.3 is 9.80 Å². The van der Waals surface area contributed by atoms with Crippen molar-refractivity contribution >= 4 is 5.82 Å². The number of aryl methyl sites for hydroxylation is 1. The van der Waals surface area contributed by atoms with E-state index in [1.807, 2.05) is 13.8 Å². The Hall–Kier alpha value is -1.67. The number of piperidine rings is 1. The number of nitrogens with zero attached hydrogens (tertiary/aromatic N) is 5. The van der Waals surface area contributed by atoms with Crippen molar-refractivity contribution in [2.24, 2.45) is 0 Å². The molecule has 0 N–H and O–H groups in total. The molecule has 2 saturated heterocycles. The molecule has 0 amide bonds. The molecule has 5 nitrogen and oxygen atoms in total. The maximum Gasteiger partial charge on any atom is 0.169 e. The molecule has 0 radical (unpaired) electrons. The minimum Gasteiger partial charge on any atom is -0.354 e. The molecule has 2 fully saturated rings. The van der Waals surface area contributed by atoms with Gasteiger partial charge in [0.2, 0.25) is 0 Å². The maximum atomic E-state index is 9.43. The van der Waals surface area contributed by atoms with Crippen LogP contribution in [0, 0.1) is 25.2 Å². The second-order valence-electron chi connectivity index (χ2n) is 6.18. The Labute approximate surface area is 126 Å². The molecule has 1 aromatic rings. The van der Waals surface area contributed by atoms with Gasteiger partial charge in [0.25, 0.3) is 0 Å². The average Bonchev–Trinajstić information content (AvgIpc) is 3.04. The van der Waals surface area contributed by atoms with Crippen molar-refractivity contribution in [3.8, 4) is 6.07 Å². The molecule has 2 aliphatic rings. The quantitative estimate of drug-likeness (QED) is 0.832. The predicted molar refractivity (Wildman–Crippen MR) is 82.3 cm³/mol. The molecule has 0 unspecified atom stereocenters. The zero-order valence-electron chi connectivity index (χ0n) is 13.0. The van der Waals surface area contributed by atoms with Crippen LogP contribution in [0.4, 0.5) is 5.82 Å². The van der Waals surface area contributed by atoms with Crippen LogP contribution < -0.4 is 4.90 Å². The van der Waals surface area contributed by atoms with Gasteiger partial charge in [0.05, 0.1) is 5.69 Å². The molecular formula is C16H23N5. The summed E-state index contributed by atoms with van der Waals surface area (Å²) in [4.78, 5) is 4.87. The van der Waals surface area contributed by atoms with E-state index in [-0.39, 0.29) is 0 Å². The van der Waals surface area contributed by atoms with E-state index in [4.69, 9.17) is 0 Å². The Bertz CT molecular complexity index is 549. The van der Waals surface area contributed by atoms with Crippen molar-refractivity contribution in [2.75, 3.05) is 31.1 Å². The Morgan fingerprint density at radius 2 is 1.71 bits per heavy atom. The maximum absolute atomic E-state index is 9.43. The van der Waals surface area contributed by atoms with Crippen LogP contribution in [0.1, 0.15) is 42.5 Å². The number of nitriles is 1. The van der Waals surface area contributed by atoms with Crippen LogP contribution in [0.2, 0.25) is 0 Å². The second-order valence-corrected chi connectivity index (χ2v) is 6.18. The molecule has 0 saturated carbocycles. The van der Waals surface area contributed by atoms with E-state index in [9.17, 15) is 5.26 Å². The molecule has 112 valence electrons. The first-order valence-corrected chi connectivity index (χ1v) is 7.93. The van der Waals surface area contributed by atoms with Crippen molar-refractivity contribution in [1.29, 1.82) is 5.26 Å². The Balaban J connectivity index is 1.72. The SMILES string of the molecule is Cc1nnc(N2CCC(N3CCCC3)CC2)c(C#N)c1C. The third kappa shape index (κ3) is 2.73. The third-order valence-corrected chi connectivity index (χ3v) is 4.97. The fourth-order valence-corrected chi connectivity index (χ4v) is 3.50. The van der Waals surface area contributed by atoms with Crippen LogP contribution in [-0.4, -0.2) is 47.3 Å². The van der Waals surface area contributed by atoms with Gasteiger partial charge in [-0.2, -0.15) is 10.4 Å². The van der Waals surface area contributed by atoms with Gasteiger partial charge >= 0.3 is 0 Å². The number of anilines is 1. The Morgan fingerprint density at radius 3 is 2.33 bits per heavy atom. The molecule has 1 aromatic heterocycles. The van der Waals surface area contributed by atoms with Gasteiger partial charge in [-0.1, -0.05) is 0 Å². The van der Waals surface area contributed by atoms with E-state index in [0.717, 1.165) is 30.2 Å². The lowest BCUT2D eigenvalue weighted by molar-refractivity contribution is 0.207. The van der Waals surface area contributed by atoms with E-state index in [0.29, 0.717) is 11.6 Å². The highest BCUT2D eigenvalue weighted by atomic mass is 15.3. The minimum absolute atomic E-state index is 0.696. The van der Waals surface area contributed by atoms with Gasteiger partial charge in [0.15, 0.2) is 5.82 Å². The van der Waals surface area contributed by atoms with E-state index in [1.54, 1.807) is 0 Å². The van der Waals surface area contributed by atoms with E-state index in [2.05, 4.69) is 26.1 Å². The second kappa shape index (κ2) is 5.98. The number of likely N-dealkylation sites (tertiary alicyclic amines) is 1. The highest BCUT2D eigenvalue weighted by Gasteiger charge is 2.28. The van der Waals surface area contributed by atoms with Gasteiger partial charge in [-0.3, -0.25) is 0 Å². The highest BCUT2D eigenvalue weighted by molar-refractivity contribution is 5.57. The van der Waals surface area contributed by atoms with E-state index >= 15 is 0 Å². The summed E-state index contributed by atoms with van der Waals surface area (Å²) in [7, 11) is 0. The van der Waals surface area contributed by atoms with E-state index < -0.39 is 0 Å². The summed E-state index contributed by atoms with van der Waals surface area (Å²) in [5, 5.41) is 17.9. The van der Waals surface area contributed by atoms with Crippen molar-refractivity contribution in [2.45, 2.75) is 45.6 Å². The minimum atomic E-state index is 0.696. The van der Waals surface area contributed by atoms with Crippen LogP contribution >= 0.6 is 0 Å². The monoisotopic (exact) mass is 285 g/mol. The lowest BCUT2D eigenvalue weighted by Crippen LogP contribution is -2.44. The van der Waals surface area contributed by atoms with Crippen LogP contribution in [-0.2, 0) is 0 Å². The number of hydrogen-bond acceptors (Lipinski definition) is 5. The summed E-state index contributed by atoms with van der Waals surface area (Å²) < 4.78 is 0. The summed E-state index contributed by atoms with van der Waals surface area (Å²) in [5.74, 6) is 0.778. The summed E-state index contributed by atoms with van der Waals surface area (Å²) in [6.07, 6.45) is 5.03. The van der Waals surface area contributed by atoms with Gasteiger partial charge in [-0.05, 0) is 58.2 Å². The Morgan fingerprint density at radius 1 is 1.05 bits per heavy atom. The molecule has 0 spiro atoms. The number of rotatable bonds is 2. The molecule has 0 aromatic carbocycles. The zero-order chi connectivity index (χ0) is 14.8. The van der Waals surface area contributed by atoms with Crippen molar-refractivity contribution in [1.82, 2.24) is 15.1 Å². The van der Waals surface area contributed by atoms with Gasteiger partial charge in [0, 0.05) is 19.1 Å². The lowest BCUT2D eigenvalue weighted by Gasteiger charge is -2.37. The van der Waals surface area contributed by atoms with E-state index in [1.165, 1.54) is 38.8 Å². The molecule has 0 atom stereocenters. The normalized spacial score (nSPS) is 20.7. The summed E-state index contributed by atoms with van der Waals surface area (Å²) in [6, 6.07) is 3.03. The van der Waals surface area contributed by atoms with Crippen molar-refractivity contribution in [3.05, 3.63) is 16.8 Å². The third-order valence-electron chi connectivity index (χ3n) is 4.97. The van der Waals surface area contributed by atoms with Crippen LogP contribution in [0.15, 0.2) is 0 Å². The van der Waals surface area contributed by atoms with Gasteiger partial charge in [-0.15, -0.1) is 5.10 Å². The standard InChI is InChI=1S/C16H23N5/c1-12-13(2)18-19-16(15(12)11-17)21-9-5-14(6-10-21)20-7-3-4-8-20/h14H,3-10H2,1-2H3. The molecule has 3 heterocycles. The summed E-state index contributed by atoms with van der Waals surface area (Å²) in [5.41, 5.74) is 2.51. The molecule has 21 heavy (non-hydrogen) atoms. The molecule has 5 heteroatoms. The first-order chi connectivity index (χ1) is 10.2. The summed E-state index contributed by atoms with van der Waals surface area (Å²) in [6.45, 7) is 8.35. The molecule has 0 bridgehead atoms. The van der Waals surface area contributed by atoms with Crippen LogP contribution in [0.3, 0.4) is 0 Å². The summed E-state index contributed by atoms with van der Waals surface area (Å²) >= 11 is 0. The molecule has 0 aliphatic carbocycles. The van der Waals surface area contributed by atoms with Crippen molar-refractivity contribution in [3.63, 3.8) is 0 Å². The first kappa shape index (κ1) is 14.3. The molecule has 2 aliphatic heterocycles. The fourth-order valence-electron chi connectivity index (χ4n) is 3.50. The zero-order valence-corrected chi connectivity index (χ0v) is 13.0. The van der Waals surface area contributed by atoms with Crippen LogP contribution in [0.5, 0.6) is 0 Å². The highest BCUT2D eigenvalue weighted by Crippen LogP contribution is 2.27. The van der Waals surface area contributed by atoms with Gasteiger partial charge in [0.1, 0.15) is 11.6 Å². The topological polar surface area (TPSA) is 56.1 Å². The lowest BCUT2D eigenvalue weighted by atomic mass is 10.0. The first-order valence-electron chi connectivity index (χ1n) is 7.93. The fraction of sp³-hybridized carbons (Fsp3) is 0.688. The molecule has 3 rings (SSSR count). The smallest absolute Gasteiger partial charge is 0.169 e. The van der Waals surface area contributed by atoms with Crippen LogP contribution in [0.25, 0.3) is 0 Å². The Kier molecular flexibility index (Phi) is 4.07. The largest absolute Gasteiger partial charge is 0.354 e. The number of aromatic nitrogens is 2. The molecular weight excluding hydrogens is 262 g/mol. The van der Waals surface area contributed by atoms with Gasteiger partial charge in [-0.25, -0.2) is 0 Å². The number of hydrogen-bond donors (Lipinski definition) is 0. The predicted octanol–water partition coefficient (Wildman–Crippen LogP) is 2.03. The average molecular weight is 285 g/mol.